The Morgan fingerprint density at radius 2 is 1.90 bits per heavy atom. The average molecular weight is 286 g/mol. The first kappa shape index (κ1) is 13.6. The van der Waals surface area contributed by atoms with Gasteiger partial charge in [0.25, 0.3) is 0 Å². The number of benzene rings is 1. The highest BCUT2D eigenvalue weighted by Gasteiger charge is 2.14. The van der Waals surface area contributed by atoms with E-state index in [0.717, 1.165) is 17.2 Å². The summed E-state index contributed by atoms with van der Waals surface area (Å²) < 4.78 is 3.09. The van der Waals surface area contributed by atoms with Crippen molar-refractivity contribution >= 4 is 12.2 Å². The van der Waals surface area contributed by atoms with Crippen LogP contribution in [0.25, 0.3) is 11.3 Å². The molecule has 0 spiro atoms. The van der Waals surface area contributed by atoms with Gasteiger partial charge in [0, 0.05) is 12.7 Å². The molecule has 0 amide bonds. The first-order chi connectivity index (χ1) is 9.84. The Bertz CT molecular complexity index is 591. The number of aromatic nitrogens is 2. The predicted octanol–water partition coefficient (Wildman–Crippen LogP) is 5.18. The summed E-state index contributed by atoms with van der Waals surface area (Å²) in [5, 5.41) is 0. The van der Waals surface area contributed by atoms with Crippen LogP contribution in [0.2, 0.25) is 0 Å². The molecular formula is C17H22N2S. The summed E-state index contributed by atoms with van der Waals surface area (Å²) in [4.78, 5) is 3.19. The van der Waals surface area contributed by atoms with Gasteiger partial charge in [0.1, 0.15) is 0 Å². The summed E-state index contributed by atoms with van der Waals surface area (Å²) in [6.45, 7) is 1.03. The zero-order valence-electron chi connectivity index (χ0n) is 11.8. The van der Waals surface area contributed by atoms with Crippen LogP contribution in [-0.4, -0.2) is 9.55 Å². The van der Waals surface area contributed by atoms with Crippen molar-refractivity contribution in [2.75, 3.05) is 0 Å². The predicted molar refractivity (Wildman–Crippen MR) is 86.2 cm³/mol. The molecule has 1 aromatic heterocycles. The summed E-state index contributed by atoms with van der Waals surface area (Å²) in [6, 6.07) is 10.5. The summed E-state index contributed by atoms with van der Waals surface area (Å²) in [6.07, 6.45) is 10.4. The van der Waals surface area contributed by atoms with Crippen LogP contribution in [0.3, 0.4) is 0 Å². The maximum atomic E-state index is 5.43. The number of nitrogens with one attached hydrogen (secondary N) is 1. The Morgan fingerprint density at radius 3 is 2.65 bits per heavy atom. The second kappa shape index (κ2) is 6.40. The number of H-pyrrole nitrogens is 1. The van der Waals surface area contributed by atoms with Crippen molar-refractivity contribution in [1.29, 1.82) is 0 Å². The summed E-state index contributed by atoms with van der Waals surface area (Å²) in [7, 11) is 0. The third-order valence-electron chi connectivity index (χ3n) is 4.41. The van der Waals surface area contributed by atoms with Gasteiger partial charge in [-0.3, -0.25) is 0 Å². The number of hydrogen-bond donors (Lipinski definition) is 1. The first-order valence-electron chi connectivity index (χ1n) is 7.68. The molecule has 3 rings (SSSR count). The van der Waals surface area contributed by atoms with Crippen LogP contribution in [-0.2, 0) is 6.54 Å². The SMILES string of the molecule is S=c1[nH]cc(-c2ccccc2)n1CCCC1CCCC1. The molecule has 20 heavy (non-hydrogen) atoms. The number of aromatic amines is 1. The van der Waals surface area contributed by atoms with Gasteiger partial charge >= 0.3 is 0 Å². The monoisotopic (exact) mass is 286 g/mol. The molecule has 1 N–H and O–H groups in total. The lowest BCUT2D eigenvalue weighted by Crippen LogP contribution is -2.03. The maximum absolute atomic E-state index is 5.43. The van der Waals surface area contributed by atoms with Gasteiger partial charge in [-0.25, -0.2) is 0 Å². The minimum absolute atomic E-state index is 0.843. The fraction of sp³-hybridized carbons (Fsp3) is 0.471. The van der Waals surface area contributed by atoms with Crippen LogP contribution in [0.4, 0.5) is 0 Å². The van der Waals surface area contributed by atoms with Gasteiger partial charge in [-0.05, 0) is 36.5 Å². The molecule has 0 radical (unpaired) electrons. The van der Waals surface area contributed by atoms with E-state index < -0.39 is 0 Å². The lowest BCUT2D eigenvalue weighted by molar-refractivity contribution is 0.458. The molecule has 1 heterocycles. The molecular weight excluding hydrogens is 264 g/mol. The van der Waals surface area contributed by atoms with Crippen LogP contribution >= 0.6 is 12.2 Å². The van der Waals surface area contributed by atoms with Gasteiger partial charge in [-0.15, -0.1) is 0 Å². The van der Waals surface area contributed by atoms with Gasteiger partial charge in [-0.2, -0.15) is 0 Å². The van der Waals surface area contributed by atoms with Gasteiger partial charge in [0.05, 0.1) is 5.69 Å². The van der Waals surface area contributed by atoms with Crippen LogP contribution in [0.5, 0.6) is 0 Å². The molecule has 0 bridgehead atoms. The Balaban J connectivity index is 1.69. The van der Waals surface area contributed by atoms with E-state index in [1.165, 1.54) is 49.8 Å². The van der Waals surface area contributed by atoms with E-state index in [2.05, 4.69) is 39.9 Å². The molecule has 0 atom stereocenters. The van der Waals surface area contributed by atoms with E-state index in [1.807, 2.05) is 6.20 Å². The zero-order valence-corrected chi connectivity index (χ0v) is 12.7. The van der Waals surface area contributed by atoms with E-state index in [0.29, 0.717) is 0 Å². The van der Waals surface area contributed by atoms with Gasteiger partial charge in [0.15, 0.2) is 4.77 Å². The van der Waals surface area contributed by atoms with Crippen LogP contribution in [0.15, 0.2) is 36.5 Å². The lowest BCUT2D eigenvalue weighted by atomic mass is 10.0. The fourth-order valence-corrected chi connectivity index (χ4v) is 3.55. The van der Waals surface area contributed by atoms with Crippen molar-refractivity contribution in [3.05, 3.63) is 41.3 Å². The Kier molecular flexibility index (Phi) is 4.36. The van der Waals surface area contributed by atoms with E-state index >= 15 is 0 Å². The van der Waals surface area contributed by atoms with Crippen molar-refractivity contribution in [2.24, 2.45) is 5.92 Å². The molecule has 106 valence electrons. The molecule has 1 aliphatic carbocycles. The van der Waals surface area contributed by atoms with Crippen LogP contribution in [0, 0.1) is 10.7 Å². The fourth-order valence-electron chi connectivity index (χ4n) is 3.30. The third-order valence-corrected chi connectivity index (χ3v) is 4.74. The summed E-state index contributed by atoms with van der Waals surface area (Å²) >= 11 is 5.43. The van der Waals surface area contributed by atoms with Gasteiger partial charge in [-0.1, -0.05) is 56.0 Å². The highest BCUT2D eigenvalue weighted by molar-refractivity contribution is 7.71. The number of rotatable bonds is 5. The molecule has 0 unspecified atom stereocenters. The quantitative estimate of drug-likeness (QED) is 0.751. The largest absolute Gasteiger partial charge is 0.337 e. The number of nitrogens with zero attached hydrogens (tertiary/aromatic N) is 1. The lowest BCUT2D eigenvalue weighted by Gasteiger charge is -2.11. The minimum atomic E-state index is 0.843. The molecule has 0 saturated heterocycles. The third kappa shape index (κ3) is 3.04. The van der Waals surface area contributed by atoms with Crippen molar-refractivity contribution in [3.8, 4) is 11.3 Å². The second-order valence-corrected chi connectivity index (χ2v) is 6.18. The summed E-state index contributed by atoms with van der Waals surface area (Å²) in [5.41, 5.74) is 2.45. The highest BCUT2D eigenvalue weighted by atomic mass is 32.1. The molecule has 1 aliphatic rings. The smallest absolute Gasteiger partial charge is 0.177 e. The average Bonchev–Trinajstić information content (AvgIpc) is 3.11. The maximum Gasteiger partial charge on any atom is 0.177 e. The normalized spacial score (nSPS) is 15.8. The topological polar surface area (TPSA) is 20.7 Å². The number of imidazole rings is 1. The molecule has 0 aliphatic heterocycles. The van der Waals surface area contributed by atoms with Crippen LogP contribution in [0.1, 0.15) is 38.5 Å². The van der Waals surface area contributed by atoms with E-state index in [4.69, 9.17) is 12.2 Å². The van der Waals surface area contributed by atoms with Crippen molar-refractivity contribution in [2.45, 2.75) is 45.1 Å². The Hall–Kier alpha value is -1.35. The molecule has 3 heteroatoms. The molecule has 1 saturated carbocycles. The van der Waals surface area contributed by atoms with Crippen molar-refractivity contribution in [1.82, 2.24) is 9.55 Å². The zero-order chi connectivity index (χ0) is 13.8. The summed E-state index contributed by atoms with van der Waals surface area (Å²) in [5.74, 6) is 0.961. The Morgan fingerprint density at radius 1 is 1.15 bits per heavy atom. The van der Waals surface area contributed by atoms with Gasteiger partial charge in [0.2, 0.25) is 0 Å². The highest BCUT2D eigenvalue weighted by Crippen LogP contribution is 2.29. The van der Waals surface area contributed by atoms with E-state index in [1.54, 1.807) is 0 Å². The Labute approximate surface area is 125 Å². The molecule has 2 aromatic rings. The molecule has 1 fully saturated rings. The minimum Gasteiger partial charge on any atom is -0.337 e. The van der Waals surface area contributed by atoms with E-state index in [-0.39, 0.29) is 0 Å². The molecule has 2 nitrogen and oxygen atoms in total. The van der Waals surface area contributed by atoms with Crippen molar-refractivity contribution in [3.63, 3.8) is 0 Å². The standard InChI is InChI=1S/C17H22N2S/c20-17-18-13-16(15-10-2-1-3-11-15)19(17)12-6-9-14-7-4-5-8-14/h1-3,10-11,13-14H,4-9,12H2,(H,18,20). The van der Waals surface area contributed by atoms with Crippen LogP contribution < -0.4 is 0 Å². The second-order valence-electron chi connectivity index (χ2n) is 5.79. The molecule has 1 aromatic carbocycles. The van der Waals surface area contributed by atoms with E-state index in [9.17, 15) is 0 Å². The van der Waals surface area contributed by atoms with Crippen molar-refractivity contribution < 1.29 is 0 Å². The van der Waals surface area contributed by atoms with Gasteiger partial charge < -0.3 is 9.55 Å². The first-order valence-corrected chi connectivity index (χ1v) is 8.09. The number of hydrogen-bond acceptors (Lipinski definition) is 1.